The van der Waals surface area contributed by atoms with Gasteiger partial charge in [-0.1, -0.05) is 212 Å². The molecule has 0 heterocycles. The molecule has 7 heteroatoms. The Morgan fingerprint density at radius 3 is 1.19 bits per heavy atom. The van der Waals surface area contributed by atoms with Gasteiger partial charge in [0.2, 0.25) is 5.91 Å². The smallest absolute Gasteiger partial charge is 0.267 e. The van der Waals surface area contributed by atoms with E-state index >= 15 is 0 Å². The molecule has 0 aliphatic rings. The molecule has 1 amide bonds. The third-order valence-corrected chi connectivity index (χ3v) is 10.5. The molecule has 286 valence electrons. The Morgan fingerprint density at radius 1 is 0.542 bits per heavy atom. The van der Waals surface area contributed by atoms with Crippen LogP contribution in [-0.4, -0.2) is 41.9 Å². The van der Waals surface area contributed by atoms with Crippen molar-refractivity contribution in [2.45, 2.75) is 238 Å². The van der Waals surface area contributed by atoms with Crippen LogP contribution in [0.3, 0.4) is 0 Å². The van der Waals surface area contributed by atoms with Gasteiger partial charge in [0.15, 0.2) is 0 Å². The van der Waals surface area contributed by atoms with E-state index in [2.05, 4.69) is 19.2 Å². The van der Waals surface area contributed by atoms with Crippen LogP contribution in [0.15, 0.2) is 12.2 Å². The molecule has 0 saturated heterocycles. The van der Waals surface area contributed by atoms with E-state index < -0.39 is 28.0 Å². The molecule has 0 rings (SSSR count). The van der Waals surface area contributed by atoms with E-state index in [1.165, 1.54) is 167 Å². The predicted octanol–water partition coefficient (Wildman–Crippen LogP) is 12.2. The molecule has 3 N–H and O–H groups in total. The first-order valence-electron chi connectivity index (χ1n) is 20.9. The zero-order chi connectivity index (χ0) is 35.4. The molecule has 0 radical (unpaired) electrons. The van der Waals surface area contributed by atoms with E-state index in [1.807, 2.05) is 6.08 Å². The highest BCUT2D eigenvalue weighted by Crippen LogP contribution is 2.16. The third kappa shape index (κ3) is 36.4. The Labute approximate surface area is 299 Å². The Balaban J connectivity index is 3.83. The van der Waals surface area contributed by atoms with Crippen molar-refractivity contribution in [2.75, 3.05) is 5.75 Å². The number of carbonyl (C=O) groups excluding carboxylic acids is 1. The summed E-state index contributed by atoms with van der Waals surface area (Å²) in [5, 5.41) is 13.2. The maximum absolute atomic E-state index is 12.5. The quantitative estimate of drug-likeness (QED) is 0.0338. The van der Waals surface area contributed by atoms with Crippen molar-refractivity contribution < 1.29 is 22.9 Å². The zero-order valence-electron chi connectivity index (χ0n) is 31.9. The summed E-state index contributed by atoms with van der Waals surface area (Å²) >= 11 is 0. The van der Waals surface area contributed by atoms with Crippen molar-refractivity contribution in [1.82, 2.24) is 5.32 Å². The Kier molecular flexibility index (Phi) is 35.2. The number of aliphatic hydroxyl groups excluding tert-OH is 1. The lowest BCUT2D eigenvalue weighted by Crippen LogP contribution is -2.46. The van der Waals surface area contributed by atoms with Gasteiger partial charge in [-0.25, -0.2) is 0 Å². The SMILES string of the molecule is CCCCCCCCCCCCC/C=C/C(O)C(CS(=O)(=O)O)NC(=O)CCCCCCCCCCCCCCCCCCCCCC. The summed E-state index contributed by atoms with van der Waals surface area (Å²) in [5.74, 6) is -0.967. The van der Waals surface area contributed by atoms with Crippen molar-refractivity contribution in [2.24, 2.45) is 0 Å². The molecule has 0 aromatic carbocycles. The fourth-order valence-electron chi connectivity index (χ4n) is 6.57. The van der Waals surface area contributed by atoms with Gasteiger partial charge in [0, 0.05) is 6.42 Å². The number of rotatable bonds is 38. The standard InChI is InChI=1S/C41H81NO5S/c1-3-5-7-9-11-13-15-17-18-19-20-21-22-23-25-27-29-31-33-35-37-41(44)42-39(38-48(45,46)47)40(43)36-34-32-30-28-26-24-16-14-12-10-8-6-4-2/h34,36,39-40,43H,3-33,35,37-38H2,1-2H3,(H,42,44)(H,45,46,47)/b36-34+. The number of carbonyl (C=O) groups is 1. The van der Waals surface area contributed by atoms with Crippen molar-refractivity contribution >= 4 is 16.0 Å². The van der Waals surface area contributed by atoms with Crippen molar-refractivity contribution in [1.29, 1.82) is 0 Å². The topological polar surface area (TPSA) is 104 Å². The molecule has 2 atom stereocenters. The number of amides is 1. The first-order valence-corrected chi connectivity index (χ1v) is 22.5. The van der Waals surface area contributed by atoms with Gasteiger partial charge in [0.25, 0.3) is 10.1 Å². The Hall–Kier alpha value is -0.920. The number of hydrogen-bond acceptors (Lipinski definition) is 4. The Morgan fingerprint density at radius 2 is 0.854 bits per heavy atom. The maximum Gasteiger partial charge on any atom is 0.267 e. The minimum absolute atomic E-state index is 0.274. The second-order valence-corrected chi connectivity index (χ2v) is 16.1. The summed E-state index contributed by atoms with van der Waals surface area (Å²) in [5.41, 5.74) is 0. The minimum Gasteiger partial charge on any atom is -0.387 e. The Bertz CT molecular complexity index is 816. The summed E-state index contributed by atoms with van der Waals surface area (Å²) in [4.78, 5) is 12.5. The highest BCUT2D eigenvalue weighted by Gasteiger charge is 2.24. The number of hydrogen-bond donors (Lipinski definition) is 3. The lowest BCUT2D eigenvalue weighted by molar-refractivity contribution is -0.122. The number of allylic oxidation sites excluding steroid dienone is 1. The van der Waals surface area contributed by atoms with Crippen LogP contribution in [0.4, 0.5) is 0 Å². The average Bonchev–Trinajstić information content (AvgIpc) is 3.05. The first-order chi connectivity index (χ1) is 23.3. The van der Waals surface area contributed by atoms with Crippen LogP contribution < -0.4 is 5.32 Å². The van der Waals surface area contributed by atoms with E-state index in [0.29, 0.717) is 6.42 Å². The summed E-state index contributed by atoms with van der Waals surface area (Å²) in [6.45, 7) is 4.52. The van der Waals surface area contributed by atoms with Crippen molar-refractivity contribution in [3.63, 3.8) is 0 Å². The zero-order valence-corrected chi connectivity index (χ0v) is 32.7. The summed E-state index contributed by atoms with van der Waals surface area (Å²) in [6, 6.07) is -1.05. The van der Waals surface area contributed by atoms with Crippen LogP contribution in [0.25, 0.3) is 0 Å². The molecule has 0 saturated carbocycles. The van der Waals surface area contributed by atoms with E-state index in [1.54, 1.807) is 6.08 Å². The van der Waals surface area contributed by atoms with Gasteiger partial charge in [-0.3, -0.25) is 9.35 Å². The molecule has 0 fully saturated rings. The van der Waals surface area contributed by atoms with Gasteiger partial charge >= 0.3 is 0 Å². The monoisotopic (exact) mass is 700 g/mol. The van der Waals surface area contributed by atoms with Crippen LogP contribution in [0.2, 0.25) is 0 Å². The number of unbranched alkanes of at least 4 members (excludes halogenated alkanes) is 30. The summed E-state index contributed by atoms with van der Waals surface area (Å²) < 4.78 is 32.4. The summed E-state index contributed by atoms with van der Waals surface area (Å²) in [7, 11) is -4.33. The molecule has 2 unspecified atom stereocenters. The molecular weight excluding hydrogens is 619 g/mol. The van der Waals surface area contributed by atoms with Gasteiger partial charge in [0.05, 0.1) is 17.9 Å². The first kappa shape index (κ1) is 47.1. The number of aliphatic hydroxyl groups is 1. The molecule has 0 aromatic rings. The van der Waals surface area contributed by atoms with Crippen molar-refractivity contribution in [3.8, 4) is 0 Å². The molecular formula is C41H81NO5S. The molecule has 0 aromatic heterocycles. The van der Waals surface area contributed by atoms with E-state index in [4.69, 9.17) is 0 Å². The van der Waals surface area contributed by atoms with Crippen molar-refractivity contribution in [3.05, 3.63) is 12.2 Å². The van der Waals surface area contributed by atoms with Gasteiger partial charge in [-0.2, -0.15) is 8.42 Å². The third-order valence-electron chi connectivity index (χ3n) is 9.71. The fourth-order valence-corrected chi connectivity index (χ4v) is 7.30. The van der Waals surface area contributed by atoms with Crippen LogP contribution in [-0.2, 0) is 14.9 Å². The fraction of sp³-hybridized carbons (Fsp3) is 0.927. The largest absolute Gasteiger partial charge is 0.387 e. The highest BCUT2D eigenvalue weighted by atomic mass is 32.2. The normalized spacial score (nSPS) is 13.3. The van der Waals surface area contributed by atoms with E-state index in [0.717, 1.165) is 38.5 Å². The van der Waals surface area contributed by atoms with Crippen LogP contribution in [0, 0.1) is 0 Å². The lowest BCUT2D eigenvalue weighted by Gasteiger charge is -2.21. The molecule has 48 heavy (non-hydrogen) atoms. The van der Waals surface area contributed by atoms with Crippen LogP contribution >= 0.6 is 0 Å². The molecule has 0 bridgehead atoms. The lowest BCUT2D eigenvalue weighted by atomic mass is 10.0. The molecule has 0 aliphatic carbocycles. The molecule has 0 aliphatic heterocycles. The van der Waals surface area contributed by atoms with Gasteiger partial charge in [-0.05, 0) is 19.3 Å². The van der Waals surface area contributed by atoms with E-state index in [-0.39, 0.29) is 5.91 Å². The van der Waals surface area contributed by atoms with Gasteiger partial charge in [-0.15, -0.1) is 0 Å². The predicted molar refractivity (Wildman–Crippen MR) is 207 cm³/mol. The number of nitrogens with one attached hydrogen (secondary N) is 1. The van der Waals surface area contributed by atoms with Crippen LogP contribution in [0.5, 0.6) is 0 Å². The van der Waals surface area contributed by atoms with Gasteiger partial charge in [0.1, 0.15) is 0 Å². The van der Waals surface area contributed by atoms with Crippen LogP contribution in [0.1, 0.15) is 226 Å². The van der Waals surface area contributed by atoms with Gasteiger partial charge < -0.3 is 10.4 Å². The highest BCUT2D eigenvalue weighted by molar-refractivity contribution is 7.85. The molecule has 0 spiro atoms. The second kappa shape index (κ2) is 35.9. The maximum atomic E-state index is 12.5. The molecule has 6 nitrogen and oxygen atoms in total. The van der Waals surface area contributed by atoms with E-state index in [9.17, 15) is 22.9 Å². The second-order valence-electron chi connectivity index (χ2n) is 14.6. The minimum atomic E-state index is -4.33. The average molecular weight is 700 g/mol. The summed E-state index contributed by atoms with van der Waals surface area (Å²) in [6.07, 6.45) is 43.4.